The summed E-state index contributed by atoms with van der Waals surface area (Å²) in [5.41, 5.74) is 2.58. The van der Waals surface area contributed by atoms with Gasteiger partial charge in [-0.05, 0) is 55.1 Å². The topological polar surface area (TPSA) is 61.6 Å². The van der Waals surface area contributed by atoms with Crippen LogP contribution in [0.3, 0.4) is 0 Å². The SMILES string of the molecule is CCN1CCN(c2ccc(NC(=O)c3ncoc3-c3ccc(F)cc3)cc2)CC1. The van der Waals surface area contributed by atoms with Gasteiger partial charge in [-0.1, -0.05) is 6.92 Å². The van der Waals surface area contributed by atoms with Gasteiger partial charge in [-0.3, -0.25) is 4.79 Å². The van der Waals surface area contributed by atoms with Crippen molar-refractivity contribution in [1.82, 2.24) is 9.88 Å². The second-order valence-electron chi connectivity index (χ2n) is 6.96. The van der Waals surface area contributed by atoms with E-state index in [4.69, 9.17) is 4.42 Å². The highest BCUT2D eigenvalue weighted by Gasteiger charge is 2.19. The summed E-state index contributed by atoms with van der Waals surface area (Å²) >= 11 is 0. The first kappa shape index (κ1) is 19.1. The number of carbonyl (C=O) groups is 1. The van der Waals surface area contributed by atoms with Gasteiger partial charge < -0.3 is 19.5 Å². The number of likely N-dealkylation sites (N-methyl/N-ethyl adjacent to an activating group) is 1. The van der Waals surface area contributed by atoms with E-state index in [-0.39, 0.29) is 17.4 Å². The molecule has 0 atom stereocenters. The van der Waals surface area contributed by atoms with Crippen LogP contribution >= 0.6 is 0 Å². The fraction of sp³-hybridized carbons (Fsp3) is 0.273. The first-order valence-electron chi connectivity index (χ1n) is 9.72. The van der Waals surface area contributed by atoms with Gasteiger partial charge in [0.15, 0.2) is 17.8 Å². The van der Waals surface area contributed by atoms with Gasteiger partial charge in [0.05, 0.1) is 0 Å². The average Bonchev–Trinajstić information content (AvgIpc) is 3.25. The Balaban J connectivity index is 1.43. The smallest absolute Gasteiger partial charge is 0.278 e. The number of carbonyl (C=O) groups excluding carboxylic acids is 1. The van der Waals surface area contributed by atoms with Crippen LogP contribution in [0.1, 0.15) is 17.4 Å². The molecular weight excluding hydrogens is 371 g/mol. The average molecular weight is 394 g/mol. The van der Waals surface area contributed by atoms with E-state index in [1.54, 1.807) is 12.1 Å². The lowest BCUT2D eigenvalue weighted by molar-refractivity contribution is 0.102. The number of anilines is 2. The number of hydrogen-bond acceptors (Lipinski definition) is 5. The van der Waals surface area contributed by atoms with Crippen LogP contribution in [-0.2, 0) is 0 Å². The molecule has 29 heavy (non-hydrogen) atoms. The minimum atomic E-state index is -0.373. The van der Waals surface area contributed by atoms with Crippen molar-refractivity contribution in [3.8, 4) is 11.3 Å². The number of rotatable bonds is 5. The number of aromatic nitrogens is 1. The number of nitrogens with zero attached hydrogens (tertiary/aromatic N) is 3. The number of nitrogens with one attached hydrogen (secondary N) is 1. The third-order valence-electron chi connectivity index (χ3n) is 5.20. The quantitative estimate of drug-likeness (QED) is 0.712. The zero-order valence-electron chi connectivity index (χ0n) is 16.3. The fourth-order valence-corrected chi connectivity index (χ4v) is 3.48. The van der Waals surface area contributed by atoms with Crippen LogP contribution in [0, 0.1) is 5.82 Å². The Morgan fingerprint density at radius 3 is 2.41 bits per heavy atom. The van der Waals surface area contributed by atoms with Gasteiger partial charge >= 0.3 is 0 Å². The van der Waals surface area contributed by atoms with Crippen molar-refractivity contribution in [3.05, 3.63) is 66.4 Å². The molecule has 1 saturated heterocycles. The largest absolute Gasteiger partial charge is 0.443 e. The molecule has 1 aliphatic heterocycles. The van der Waals surface area contributed by atoms with Crippen LogP contribution in [0.2, 0.25) is 0 Å². The fourth-order valence-electron chi connectivity index (χ4n) is 3.48. The molecule has 0 unspecified atom stereocenters. The molecule has 150 valence electrons. The van der Waals surface area contributed by atoms with Crippen molar-refractivity contribution in [3.63, 3.8) is 0 Å². The maximum absolute atomic E-state index is 13.1. The molecule has 7 heteroatoms. The van der Waals surface area contributed by atoms with Crippen molar-refractivity contribution in [2.75, 3.05) is 42.9 Å². The summed E-state index contributed by atoms with van der Waals surface area (Å²) < 4.78 is 18.5. The molecule has 1 aliphatic rings. The van der Waals surface area contributed by atoms with Crippen molar-refractivity contribution < 1.29 is 13.6 Å². The Bertz CT molecular complexity index is 961. The molecule has 0 aliphatic carbocycles. The van der Waals surface area contributed by atoms with Crippen LogP contribution in [0.25, 0.3) is 11.3 Å². The first-order chi connectivity index (χ1) is 14.1. The van der Waals surface area contributed by atoms with Crippen molar-refractivity contribution in [2.45, 2.75) is 6.92 Å². The van der Waals surface area contributed by atoms with E-state index < -0.39 is 0 Å². The molecule has 1 aromatic heterocycles. The lowest BCUT2D eigenvalue weighted by Crippen LogP contribution is -2.46. The van der Waals surface area contributed by atoms with Crippen LogP contribution in [0.4, 0.5) is 15.8 Å². The van der Waals surface area contributed by atoms with Gasteiger partial charge in [0.2, 0.25) is 0 Å². The van der Waals surface area contributed by atoms with Gasteiger partial charge in [0.1, 0.15) is 5.82 Å². The van der Waals surface area contributed by atoms with Crippen LogP contribution in [-0.4, -0.2) is 48.5 Å². The normalized spacial score (nSPS) is 14.8. The van der Waals surface area contributed by atoms with E-state index in [0.717, 1.165) is 38.4 Å². The van der Waals surface area contributed by atoms with Gasteiger partial charge in [0, 0.05) is 43.1 Å². The van der Waals surface area contributed by atoms with E-state index in [0.29, 0.717) is 17.0 Å². The molecule has 0 spiro atoms. The highest BCUT2D eigenvalue weighted by atomic mass is 19.1. The Morgan fingerprint density at radius 1 is 1.07 bits per heavy atom. The zero-order chi connectivity index (χ0) is 20.2. The molecule has 4 rings (SSSR count). The van der Waals surface area contributed by atoms with E-state index in [1.165, 1.54) is 18.5 Å². The minimum absolute atomic E-state index is 0.163. The predicted molar refractivity (Wildman–Crippen MR) is 111 cm³/mol. The number of amides is 1. The Labute approximate surface area is 169 Å². The monoisotopic (exact) mass is 394 g/mol. The summed E-state index contributed by atoms with van der Waals surface area (Å²) in [5.74, 6) is -0.411. The van der Waals surface area contributed by atoms with Gasteiger partial charge in [-0.2, -0.15) is 0 Å². The highest BCUT2D eigenvalue weighted by Crippen LogP contribution is 2.25. The van der Waals surface area contributed by atoms with Crippen LogP contribution < -0.4 is 10.2 Å². The predicted octanol–water partition coefficient (Wildman–Crippen LogP) is 3.87. The van der Waals surface area contributed by atoms with Crippen LogP contribution in [0.15, 0.2) is 59.3 Å². The van der Waals surface area contributed by atoms with Gasteiger partial charge in [-0.25, -0.2) is 9.37 Å². The zero-order valence-corrected chi connectivity index (χ0v) is 16.3. The number of oxazole rings is 1. The standard InChI is InChI=1S/C22H23FN4O2/c1-2-26-11-13-27(14-12-26)19-9-7-18(8-10-19)25-22(28)20-21(29-15-24-20)16-3-5-17(23)6-4-16/h3-10,15H,2,11-14H2,1H3,(H,25,28). The van der Waals surface area contributed by atoms with Crippen molar-refractivity contribution in [2.24, 2.45) is 0 Å². The Kier molecular flexibility index (Phi) is 5.57. The summed E-state index contributed by atoms with van der Waals surface area (Å²) in [4.78, 5) is 21.5. The summed E-state index contributed by atoms with van der Waals surface area (Å²) in [6.45, 7) is 7.39. The maximum atomic E-state index is 13.1. The molecule has 1 fully saturated rings. The Morgan fingerprint density at radius 2 is 1.76 bits per heavy atom. The number of piperazine rings is 1. The molecule has 2 heterocycles. The first-order valence-corrected chi connectivity index (χ1v) is 9.72. The van der Waals surface area contributed by atoms with Crippen molar-refractivity contribution in [1.29, 1.82) is 0 Å². The third-order valence-corrected chi connectivity index (χ3v) is 5.20. The van der Waals surface area contributed by atoms with Crippen molar-refractivity contribution >= 4 is 17.3 Å². The summed E-state index contributed by atoms with van der Waals surface area (Å²) in [7, 11) is 0. The molecule has 0 saturated carbocycles. The second kappa shape index (κ2) is 8.45. The number of benzene rings is 2. The molecule has 2 aromatic carbocycles. The molecule has 6 nitrogen and oxygen atoms in total. The summed E-state index contributed by atoms with van der Waals surface area (Å²) in [6.07, 6.45) is 1.21. The molecule has 3 aromatic rings. The second-order valence-corrected chi connectivity index (χ2v) is 6.96. The summed E-state index contributed by atoms with van der Waals surface area (Å²) in [6, 6.07) is 13.5. The lowest BCUT2D eigenvalue weighted by atomic mass is 10.1. The minimum Gasteiger partial charge on any atom is -0.443 e. The third kappa shape index (κ3) is 4.30. The summed E-state index contributed by atoms with van der Waals surface area (Å²) in [5, 5.41) is 2.85. The number of halogens is 1. The molecule has 0 radical (unpaired) electrons. The maximum Gasteiger partial charge on any atom is 0.278 e. The molecule has 1 N–H and O–H groups in total. The van der Waals surface area contributed by atoms with E-state index in [9.17, 15) is 9.18 Å². The molecular formula is C22H23FN4O2. The molecule has 1 amide bonds. The van der Waals surface area contributed by atoms with E-state index in [2.05, 4.69) is 27.0 Å². The molecule has 0 bridgehead atoms. The van der Waals surface area contributed by atoms with Crippen LogP contribution in [0.5, 0.6) is 0 Å². The highest BCUT2D eigenvalue weighted by molar-refractivity contribution is 6.06. The van der Waals surface area contributed by atoms with Gasteiger partial charge in [0.25, 0.3) is 5.91 Å². The lowest BCUT2D eigenvalue weighted by Gasteiger charge is -2.35. The van der Waals surface area contributed by atoms with E-state index in [1.807, 2.05) is 24.3 Å². The Hall–Kier alpha value is -3.19. The number of hydrogen-bond donors (Lipinski definition) is 1. The van der Waals surface area contributed by atoms with E-state index >= 15 is 0 Å². The van der Waals surface area contributed by atoms with Gasteiger partial charge in [-0.15, -0.1) is 0 Å².